The number of nitrogens with one attached hydrogen (secondary N) is 2. The Morgan fingerprint density at radius 2 is 1.21 bits per heavy atom. The standard InChI is InChI=1S/C28H23N3O2/c1-18-6-11-22(12-7-18)31(23-13-8-19(2)9-14-23)24-5-3-4-20(16-24)21-10-15-26-25(17-21)27(32)30-28(33)29-26/h3-17H,1-2H3,(H2,29,30,32,33). The lowest BCUT2D eigenvalue weighted by atomic mass is 10.0. The molecule has 0 atom stereocenters. The van der Waals surface area contributed by atoms with Crippen molar-refractivity contribution < 1.29 is 0 Å². The Balaban J connectivity index is 1.64. The number of anilines is 3. The molecule has 0 amide bonds. The maximum atomic E-state index is 12.3. The lowest BCUT2D eigenvalue weighted by Gasteiger charge is -2.26. The molecule has 0 spiro atoms. The van der Waals surface area contributed by atoms with Crippen LogP contribution in [0.4, 0.5) is 17.1 Å². The maximum Gasteiger partial charge on any atom is 0.326 e. The summed E-state index contributed by atoms with van der Waals surface area (Å²) in [4.78, 5) is 31.1. The zero-order valence-electron chi connectivity index (χ0n) is 18.4. The second kappa shape index (κ2) is 8.28. The van der Waals surface area contributed by atoms with Gasteiger partial charge in [0.15, 0.2) is 0 Å². The molecule has 5 aromatic rings. The van der Waals surface area contributed by atoms with E-state index in [0.29, 0.717) is 10.9 Å². The molecule has 33 heavy (non-hydrogen) atoms. The van der Waals surface area contributed by atoms with Crippen LogP contribution in [0.15, 0.2) is 101 Å². The van der Waals surface area contributed by atoms with Gasteiger partial charge in [-0.05, 0) is 73.5 Å². The number of fused-ring (bicyclic) bond motifs is 1. The van der Waals surface area contributed by atoms with Gasteiger partial charge in [-0.1, -0.05) is 53.6 Å². The lowest BCUT2D eigenvalue weighted by molar-refractivity contribution is 1.08. The average Bonchev–Trinajstić information content (AvgIpc) is 2.82. The van der Waals surface area contributed by atoms with Crippen LogP contribution in [-0.2, 0) is 0 Å². The molecule has 5 rings (SSSR count). The Labute approximate surface area is 191 Å². The van der Waals surface area contributed by atoms with Crippen LogP contribution < -0.4 is 16.1 Å². The normalized spacial score (nSPS) is 11.0. The van der Waals surface area contributed by atoms with Crippen molar-refractivity contribution in [2.75, 3.05) is 4.90 Å². The van der Waals surface area contributed by atoms with Gasteiger partial charge in [-0.25, -0.2) is 4.79 Å². The number of H-pyrrole nitrogens is 2. The molecule has 162 valence electrons. The van der Waals surface area contributed by atoms with E-state index in [2.05, 4.69) is 89.4 Å². The molecule has 0 aliphatic heterocycles. The highest BCUT2D eigenvalue weighted by molar-refractivity contribution is 5.85. The van der Waals surface area contributed by atoms with Crippen molar-refractivity contribution >= 4 is 28.0 Å². The molecule has 1 aromatic heterocycles. The van der Waals surface area contributed by atoms with Gasteiger partial charge in [0, 0.05) is 17.1 Å². The fraction of sp³-hybridized carbons (Fsp3) is 0.0714. The second-order valence-electron chi connectivity index (χ2n) is 8.23. The molecule has 0 unspecified atom stereocenters. The third kappa shape index (κ3) is 4.08. The van der Waals surface area contributed by atoms with Crippen LogP contribution in [-0.4, -0.2) is 9.97 Å². The Hall–Kier alpha value is -4.38. The van der Waals surface area contributed by atoms with Crippen molar-refractivity contribution in [3.63, 3.8) is 0 Å². The van der Waals surface area contributed by atoms with Crippen LogP contribution >= 0.6 is 0 Å². The van der Waals surface area contributed by atoms with Crippen LogP contribution in [0, 0.1) is 13.8 Å². The number of benzene rings is 4. The first kappa shape index (κ1) is 20.5. The molecule has 0 bridgehead atoms. The van der Waals surface area contributed by atoms with Gasteiger partial charge < -0.3 is 9.88 Å². The van der Waals surface area contributed by atoms with E-state index in [0.717, 1.165) is 28.2 Å². The highest BCUT2D eigenvalue weighted by Crippen LogP contribution is 2.36. The number of aromatic amines is 2. The van der Waals surface area contributed by atoms with Crippen LogP contribution in [0.3, 0.4) is 0 Å². The van der Waals surface area contributed by atoms with Gasteiger partial charge in [0.2, 0.25) is 0 Å². The van der Waals surface area contributed by atoms with E-state index in [-0.39, 0.29) is 0 Å². The summed E-state index contributed by atoms with van der Waals surface area (Å²) in [6, 6.07) is 30.6. The van der Waals surface area contributed by atoms with Crippen molar-refractivity contribution in [1.82, 2.24) is 9.97 Å². The summed E-state index contributed by atoms with van der Waals surface area (Å²) in [6.45, 7) is 4.16. The molecule has 1 heterocycles. The first-order valence-corrected chi connectivity index (χ1v) is 10.8. The molecule has 5 heteroatoms. The minimum atomic E-state index is -0.505. The molecule has 2 N–H and O–H groups in total. The van der Waals surface area contributed by atoms with Gasteiger partial charge in [0.05, 0.1) is 10.9 Å². The van der Waals surface area contributed by atoms with Crippen molar-refractivity contribution in [3.8, 4) is 11.1 Å². The molecule has 4 aromatic carbocycles. The minimum absolute atomic E-state index is 0.396. The van der Waals surface area contributed by atoms with Crippen molar-refractivity contribution in [3.05, 3.63) is 123 Å². The first-order valence-electron chi connectivity index (χ1n) is 10.8. The van der Waals surface area contributed by atoms with Crippen LogP contribution in [0.25, 0.3) is 22.0 Å². The lowest BCUT2D eigenvalue weighted by Crippen LogP contribution is -2.21. The van der Waals surface area contributed by atoms with Gasteiger partial charge >= 0.3 is 5.69 Å². The zero-order valence-corrected chi connectivity index (χ0v) is 18.4. The van der Waals surface area contributed by atoms with Gasteiger partial charge in [-0.15, -0.1) is 0 Å². The number of nitrogens with zero attached hydrogens (tertiary/aromatic N) is 1. The van der Waals surface area contributed by atoms with Gasteiger partial charge in [0.1, 0.15) is 0 Å². The SMILES string of the molecule is Cc1ccc(N(c2ccc(C)cc2)c2cccc(-c3ccc4[nH]c(=O)[nH]c(=O)c4c3)c2)cc1. The molecular weight excluding hydrogens is 410 g/mol. The monoisotopic (exact) mass is 433 g/mol. The summed E-state index contributed by atoms with van der Waals surface area (Å²) in [5.74, 6) is 0. The van der Waals surface area contributed by atoms with E-state index >= 15 is 0 Å². The highest BCUT2D eigenvalue weighted by Gasteiger charge is 2.13. The molecule has 0 saturated heterocycles. The molecule has 0 radical (unpaired) electrons. The zero-order chi connectivity index (χ0) is 22.9. The fourth-order valence-corrected chi connectivity index (χ4v) is 4.00. The van der Waals surface area contributed by atoms with Gasteiger partial charge in [-0.3, -0.25) is 9.78 Å². The average molecular weight is 434 g/mol. The van der Waals surface area contributed by atoms with Crippen LogP contribution in [0.1, 0.15) is 11.1 Å². The topological polar surface area (TPSA) is 69.0 Å². The van der Waals surface area contributed by atoms with Gasteiger partial charge in [0.25, 0.3) is 5.56 Å². The highest BCUT2D eigenvalue weighted by atomic mass is 16.2. The summed E-state index contributed by atoms with van der Waals surface area (Å²) in [5.41, 5.74) is 7.04. The summed E-state index contributed by atoms with van der Waals surface area (Å²) >= 11 is 0. The van der Waals surface area contributed by atoms with E-state index in [1.165, 1.54) is 11.1 Å². The second-order valence-corrected chi connectivity index (χ2v) is 8.23. The minimum Gasteiger partial charge on any atom is -0.310 e. The smallest absolute Gasteiger partial charge is 0.310 e. The van der Waals surface area contributed by atoms with Crippen molar-refractivity contribution in [2.24, 2.45) is 0 Å². The molecule has 0 aliphatic rings. The van der Waals surface area contributed by atoms with E-state index in [1.807, 2.05) is 24.3 Å². The fourth-order valence-electron chi connectivity index (χ4n) is 4.00. The predicted octanol–water partition coefficient (Wildman–Crippen LogP) is 5.97. The Bertz CT molecular complexity index is 1520. The summed E-state index contributed by atoms with van der Waals surface area (Å²) in [7, 11) is 0. The third-order valence-electron chi connectivity index (χ3n) is 5.76. The largest absolute Gasteiger partial charge is 0.326 e. The summed E-state index contributed by atoms with van der Waals surface area (Å²) < 4.78 is 0. The van der Waals surface area contributed by atoms with E-state index in [1.54, 1.807) is 6.07 Å². The van der Waals surface area contributed by atoms with E-state index in [4.69, 9.17) is 0 Å². The molecule has 5 nitrogen and oxygen atoms in total. The maximum absolute atomic E-state index is 12.3. The van der Waals surface area contributed by atoms with E-state index < -0.39 is 11.2 Å². The number of aryl methyl sites for hydroxylation is 2. The summed E-state index contributed by atoms with van der Waals surface area (Å²) in [6.07, 6.45) is 0. The number of aromatic nitrogens is 2. The van der Waals surface area contributed by atoms with Gasteiger partial charge in [-0.2, -0.15) is 0 Å². The number of rotatable bonds is 4. The van der Waals surface area contributed by atoms with E-state index in [9.17, 15) is 9.59 Å². The molecule has 0 saturated carbocycles. The van der Waals surface area contributed by atoms with Crippen LogP contribution in [0.2, 0.25) is 0 Å². The Kier molecular flexibility index (Phi) is 5.15. The molecule has 0 aliphatic carbocycles. The van der Waals surface area contributed by atoms with Crippen molar-refractivity contribution in [1.29, 1.82) is 0 Å². The Morgan fingerprint density at radius 3 is 1.85 bits per heavy atom. The molecular formula is C28H23N3O2. The summed E-state index contributed by atoms with van der Waals surface area (Å²) in [5, 5.41) is 0.450. The number of hydrogen-bond donors (Lipinski definition) is 2. The van der Waals surface area contributed by atoms with Crippen LogP contribution in [0.5, 0.6) is 0 Å². The Morgan fingerprint density at radius 1 is 0.606 bits per heavy atom. The predicted molar refractivity (Wildman–Crippen MR) is 135 cm³/mol. The molecule has 0 fully saturated rings. The van der Waals surface area contributed by atoms with Crippen molar-refractivity contribution in [2.45, 2.75) is 13.8 Å². The quantitative estimate of drug-likeness (QED) is 0.367. The first-order chi connectivity index (χ1) is 16.0. The number of hydrogen-bond acceptors (Lipinski definition) is 3. The third-order valence-corrected chi connectivity index (χ3v) is 5.76.